The van der Waals surface area contributed by atoms with E-state index in [0.717, 1.165) is 11.1 Å². The quantitative estimate of drug-likeness (QED) is 0.0728. The van der Waals surface area contributed by atoms with Crippen molar-refractivity contribution in [3.05, 3.63) is 65.7 Å². The van der Waals surface area contributed by atoms with E-state index in [0.29, 0.717) is 12.8 Å². The molecule has 19 nitrogen and oxygen atoms in total. The van der Waals surface area contributed by atoms with Gasteiger partial charge in [0.1, 0.15) is 42.0 Å². The van der Waals surface area contributed by atoms with Gasteiger partial charge in [-0.15, -0.1) is 0 Å². The van der Waals surface area contributed by atoms with Gasteiger partial charge in [0, 0.05) is 26.6 Å². The second-order valence-electron chi connectivity index (χ2n) is 15.2. The Morgan fingerprint density at radius 3 is 2.18 bits per heavy atom. The third-order valence-corrected chi connectivity index (χ3v) is 10.1. The van der Waals surface area contributed by atoms with Gasteiger partial charge in [-0.2, -0.15) is 0 Å². The number of nitrogens with one attached hydrogen (secondary N) is 6. The minimum absolute atomic E-state index is 0.0159. The third-order valence-electron chi connectivity index (χ3n) is 10.1. The fraction of sp³-hybridized carbons (Fsp3) is 0.512. The number of amides is 7. The summed E-state index contributed by atoms with van der Waals surface area (Å²) in [5, 5.41) is 35.5. The van der Waals surface area contributed by atoms with Gasteiger partial charge in [-0.05, 0) is 81.0 Å². The molecule has 0 radical (unpaired) electrons. The highest BCUT2D eigenvalue weighted by molar-refractivity contribution is 5.96. The number of urea groups is 1. The number of carboxylic acids is 1. The molecule has 0 saturated carbocycles. The highest BCUT2D eigenvalue weighted by atomic mass is 16.4. The summed E-state index contributed by atoms with van der Waals surface area (Å²) in [4.78, 5) is 99.6. The summed E-state index contributed by atoms with van der Waals surface area (Å²) in [5.74, 6) is -5.05. The highest BCUT2D eigenvalue weighted by Crippen LogP contribution is 2.15. The molecule has 19 heteroatoms. The normalized spacial score (nSPS) is 21.8. The first-order chi connectivity index (χ1) is 28.5. The Balaban J connectivity index is 1.95. The molecule has 1 fully saturated rings. The number of nitrogens with two attached hydrogens (primary N) is 2. The first-order valence-electron chi connectivity index (χ1n) is 20.1. The molecule has 0 unspecified atom stereocenters. The predicted octanol–water partition coefficient (Wildman–Crippen LogP) is -0.000500. The molecule has 1 aliphatic rings. The van der Waals surface area contributed by atoms with Crippen LogP contribution in [0.3, 0.4) is 0 Å². The number of hydrogen-bond acceptors (Lipinski definition) is 9. The Morgan fingerprint density at radius 2 is 1.55 bits per heavy atom. The maximum absolute atomic E-state index is 14.2. The lowest BCUT2D eigenvalue weighted by Gasteiger charge is -2.31. The molecule has 1 heterocycles. The van der Waals surface area contributed by atoms with E-state index < -0.39 is 83.7 Å². The summed E-state index contributed by atoms with van der Waals surface area (Å²) < 4.78 is 0. The standard InChI is InChI=1S/C41H60N10O9/c1-24(2)33-37(56)46-30(20-17-26-15-18-28(52)19-16-26)38(57)51(4)25(3)34(53)47-32(23-27-11-6-5-7-12-27)35(54)44-21-9-8-13-29(36(55)50-33)48-41(60)49-31(39(58)59)14-10-22-45-40(42)43/h5-7,11-12,15-16,18-19,24-25,29-33,52H,8-10,13-14,17,20-23H2,1-4H3,(H,44,54)(H,46,56)(H,47,53)(H,50,55)(H,58,59)(H4,42,43,45)(H2,48,49,60)/t25-,29+,30+,31+,32-,33-/m0/s1. The number of phenolic OH excluding ortho intramolecular Hbond substituents is 1. The van der Waals surface area contributed by atoms with Crippen LogP contribution >= 0.6 is 0 Å². The second kappa shape index (κ2) is 23.9. The number of carbonyl (C=O) groups excluding carboxylic acids is 6. The summed E-state index contributed by atoms with van der Waals surface area (Å²) in [5.41, 5.74) is 12.2. The molecule has 0 spiro atoms. The van der Waals surface area contributed by atoms with Gasteiger partial charge in [-0.1, -0.05) is 56.3 Å². The van der Waals surface area contributed by atoms with Gasteiger partial charge in [0.25, 0.3) is 0 Å². The number of carbonyl (C=O) groups is 7. The summed E-state index contributed by atoms with van der Waals surface area (Å²) in [7, 11) is 1.42. The van der Waals surface area contributed by atoms with E-state index in [1.807, 2.05) is 30.3 Å². The number of aromatic hydroxyl groups is 1. The zero-order valence-corrected chi connectivity index (χ0v) is 34.6. The van der Waals surface area contributed by atoms with Crippen LogP contribution < -0.4 is 43.4 Å². The van der Waals surface area contributed by atoms with Crippen molar-refractivity contribution in [2.75, 3.05) is 20.1 Å². The first-order valence-corrected chi connectivity index (χ1v) is 20.1. The molecule has 60 heavy (non-hydrogen) atoms. The SMILES string of the molecule is CC(C)[C@@H]1NC(=O)[C@H](NC(=O)N[C@H](CCCN=C(N)N)C(=O)O)CCCCNC(=O)[C@H](Cc2ccccc2)NC(=O)[C@H](C)N(C)C(=O)[C@@H](CCc2ccc(O)cc2)NC1=O. The first kappa shape index (κ1) is 48.0. The number of guanidine groups is 1. The molecule has 3 rings (SSSR count). The zero-order valence-electron chi connectivity index (χ0n) is 34.6. The van der Waals surface area contributed by atoms with Gasteiger partial charge in [-0.25, -0.2) is 9.59 Å². The molecular formula is C41H60N10O9. The maximum Gasteiger partial charge on any atom is 0.326 e. The summed E-state index contributed by atoms with van der Waals surface area (Å²) in [6, 6.07) is 7.41. The third kappa shape index (κ3) is 15.7. The fourth-order valence-corrected chi connectivity index (χ4v) is 6.44. The number of aliphatic imine (C=N–C) groups is 1. The molecule has 2 aromatic carbocycles. The van der Waals surface area contributed by atoms with Crippen LogP contribution in [0.4, 0.5) is 4.79 Å². The van der Waals surface area contributed by atoms with Crippen molar-refractivity contribution >= 4 is 47.5 Å². The molecule has 328 valence electrons. The van der Waals surface area contributed by atoms with Crippen molar-refractivity contribution in [2.45, 2.75) is 108 Å². The van der Waals surface area contributed by atoms with Crippen LogP contribution in [0, 0.1) is 5.92 Å². The fourth-order valence-electron chi connectivity index (χ4n) is 6.44. The topological polar surface area (TPSA) is 300 Å². The molecule has 6 atom stereocenters. The largest absolute Gasteiger partial charge is 0.508 e. The van der Waals surface area contributed by atoms with E-state index in [1.54, 1.807) is 26.0 Å². The van der Waals surface area contributed by atoms with E-state index in [9.17, 15) is 43.8 Å². The molecule has 1 saturated heterocycles. The number of aryl methyl sites for hydroxylation is 1. The lowest BCUT2D eigenvalue weighted by Crippen LogP contribution is -2.60. The summed E-state index contributed by atoms with van der Waals surface area (Å²) in [6.07, 6.45) is 1.41. The van der Waals surface area contributed by atoms with Crippen molar-refractivity contribution in [1.82, 2.24) is 36.8 Å². The lowest BCUT2D eigenvalue weighted by molar-refractivity contribution is -0.142. The zero-order chi connectivity index (χ0) is 44.4. The number of rotatable bonds is 13. The van der Waals surface area contributed by atoms with Crippen LogP contribution in [0.25, 0.3) is 0 Å². The van der Waals surface area contributed by atoms with Gasteiger partial charge in [0.15, 0.2) is 5.96 Å². The molecule has 7 amide bonds. The monoisotopic (exact) mass is 836 g/mol. The molecular weight excluding hydrogens is 777 g/mol. The van der Waals surface area contributed by atoms with Crippen molar-refractivity contribution in [3.8, 4) is 5.75 Å². The minimum atomic E-state index is -1.34. The number of aliphatic carboxylic acids is 1. The van der Waals surface area contributed by atoms with Crippen LogP contribution in [0.1, 0.15) is 70.4 Å². The highest BCUT2D eigenvalue weighted by Gasteiger charge is 2.35. The number of hydrogen-bond donors (Lipinski definition) is 10. The van der Waals surface area contributed by atoms with E-state index >= 15 is 0 Å². The molecule has 1 aliphatic heterocycles. The van der Waals surface area contributed by atoms with Crippen molar-refractivity contribution < 1.29 is 43.8 Å². The second-order valence-corrected chi connectivity index (χ2v) is 15.2. The van der Waals surface area contributed by atoms with Gasteiger partial charge in [0.05, 0.1) is 0 Å². The van der Waals surface area contributed by atoms with Crippen LogP contribution in [0.5, 0.6) is 5.75 Å². The van der Waals surface area contributed by atoms with E-state index in [-0.39, 0.29) is 63.3 Å². The van der Waals surface area contributed by atoms with Crippen LogP contribution in [0.2, 0.25) is 0 Å². The molecule has 12 N–H and O–H groups in total. The minimum Gasteiger partial charge on any atom is -0.508 e. The number of carboxylic acid groups (broad SMARTS) is 1. The van der Waals surface area contributed by atoms with Crippen molar-refractivity contribution in [3.63, 3.8) is 0 Å². The van der Waals surface area contributed by atoms with Gasteiger partial charge >= 0.3 is 12.0 Å². The van der Waals surface area contributed by atoms with E-state index in [2.05, 4.69) is 36.9 Å². The van der Waals surface area contributed by atoms with E-state index in [1.165, 1.54) is 31.0 Å². The van der Waals surface area contributed by atoms with Crippen molar-refractivity contribution in [2.24, 2.45) is 22.4 Å². The summed E-state index contributed by atoms with van der Waals surface area (Å²) >= 11 is 0. The molecule has 2 aromatic rings. The van der Waals surface area contributed by atoms with Gasteiger partial charge in [0.2, 0.25) is 29.5 Å². The average molecular weight is 837 g/mol. The Morgan fingerprint density at radius 1 is 0.883 bits per heavy atom. The van der Waals surface area contributed by atoms with E-state index in [4.69, 9.17) is 11.5 Å². The van der Waals surface area contributed by atoms with Crippen LogP contribution in [-0.4, -0.2) is 119 Å². The number of likely N-dealkylation sites (N-methyl/N-ethyl adjacent to an activating group) is 1. The maximum atomic E-state index is 14.2. The number of benzene rings is 2. The van der Waals surface area contributed by atoms with Gasteiger partial charge in [-0.3, -0.25) is 29.0 Å². The Bertz CT molecular complexity index is 1810. The lowest BCUT2D eigenvalue weighted by atomic mass is 9.99. The average Bonchev–Trinajstić information content (AvgIpc) is 3.20. The smallest absolute Gasteiger partial charge is 0.326 e. The number of phenols is 1. The predicted molar refractivity (Wildman–Crippen MR) is 223 cm³/mol. The Kier molecular flexibility index (Phi) is 19.1. The number of nitrogens with zero attached hydrogens (tertiary/aromatic N) is 2. The molecule has 0 aromatic heterocycles. The molecule has 0 bridgehead atoms. The van der Waals surface area contributed by atoms with Gasteiger partial charge < -0.3 is 58.5 Å². The van der Waals surface area contributed by atoms with Crippen molar-refractivity contribution in [1.29, 1.82) is 0 Å². The Labute approximate surface area is 349 Å². The van der Waals surface area contributed by atoms with Crippen LogP contribution in [-0.2, 0) is 41.6 Å². The molecule has 0 aliphatic carbocycles. The Hall–Kier alpha value is -6.40. The summed E-state index contributed by atoms with van der Waals surface area (Å²) in [6.45, 7) is 5.17. The van der Waals surface area contributed by atoms with Crippen LogP contribution in [0.15, 0.2) is 59.6 Å².